The van der Waals surface area contributed by atoms with Crippen molar-refractivity contribution >= 4 is 5.91 Å². The van der Waals surface area contributed by atoms with Crippen molar-refractivity contribution in [3.63, 3.8) is 0 Å². The normalized spacial score (nSPS) is 33.6. The Labute approximate surface area is 109 Å². The van der Waals surface area contributed by atoms with Gasteiger partial charge in [0, 0.05) is 18.6 Å². The average Bonchev–Trinajstić information content (AvgIpc) is 2.87. The highest BCUT2D eigenvalue weighted by atomic mass is 16.5. The van der Waals surface area contributed by atoms with Crippen molar-refractivity contribution in [2.45, 2.75) is 31.8 Å². The summed E-state index contributed by atoms with van der Waals surface area (Å²) in [5.41, 5.74) is 0. The summed E-state index contributed by atoms with van der Waals surface area (Å²) in [6.07, 6.45) is 2.27. The van der Waals surface area contributed by atoms with Crippen LogP contribution in [0.5, 0.6) is 0 Å². The maximum atomic E-state index is 12.2. The molecule has 0 radical (unpaired) electrons. The van der Waals surface area contributed by atoms with Gasteiger partial charge >= 0.3 is 0 Å². The van der Waals surface area contributed by atoms with Crippen molar-refractivity contribution < 1.29 is 9.53 Å². The van der Waals surface area contributed by atoms with E-state index in [2.05, 4.69) is 22.5 Å². The molecule has 1 amide bonds. The van der Waals surface area contributed by atoms with Gasteiger partial charge in [-0.25, -0.2) is 0 Å². The van der Waals surface area contributed by atoms with Crippen LogP contribution in [0.2, 0.25) is 0 Å². The molecule has 2 rings (SSSR count). The van der Waals surface area contributed by atoms with Crippen molar-refractivity contribution in [1.82, 2.24) is 15.5 Å². The van der Waals surface area contributed by atoms with Crippen molar-refractivity contribution in [3.8, 4) is 0 Å². The van der Waals surface area contributed by atoms with Gasteiger partial charge in [0.25, 0.3) is 0 Å². The quantitative estimate of drug-likeness (QED) is 0.732. The van der Waals surface area contributed by atoms with Crippen LogP contribution in [-0.4, -0.2) is 62.8 Å². The first-order valence-electron chi connectivity index (χ1n) is 7.02. The van der Waals surface area contributed by atoms with E-state index >= 15 is 0 Å². The van der Waals surface area contributed by atoms with Crippen LogP contribution in [-0.2, 0) is 9.53 Å². The Morgan fingerprint density at radius 2 is 2.28 bits per heavy atom. The van der Waals surface area contributed by atoms with Crippen LogP contribution in [0.3, 0.4) is 0 Å². The number of hydrogen-bond donors (Lipinski definition) is 2. The van der Waals surface area contributed by atoms with Crippen LogP contribution in [0.25, 0.3) is 0 Å². The maximum Gasteiger partial charge on any atom is 0.227 e. The lowest BCUT2D eigenvalue weighted by molar-refractivity contribution is -0.126. The number of rotatable bonds is 4. The molecule has 5 heteroatoms. The summed E-state index contributed by atoms with van der Waals surface area (Å²) in [6, 6.07) is 0.472. The molecule has 3 atom stereocenters. The van der Waals surface area contributed by atoms with Crippen LogP contribution in [0, 0.1) is 5.92 Å². The third-order valence-electron chi connectivity index (χ3n) is 4.09. The Balaban J connectivity index is 1.83. The SMILES string of the molecule is CCN1CCCC(NC(=O)C2COCC2NC)C1. The Kier molecular flexibility index (Phi) is 4.97. The Bertz CT molecular complexity index is 285. The monoisotopic (exact) mass is 255 g/mol. The zero-order valence-electron chi connectivity index (χ0n) is 11.4. The third-order valence-corrected chi connectivity index (χ3v) is 4.09. The van der Waals surface area contributed by atoms with E-state index in [1.807, 2.05) is 7.05 Å². The highest BCUT2D eigenvalue weighted by Gasteiger charge is 2.34. The van der Waals surface area contributed by atoms with Gasteiger partial charge in [0.15, 0.2) is 0 Å². The maximum absolute atomic E-state index is 12.2. The van der Waals surface area contributed by atoms with E-state index in [1.165, 1.54) is 6.42 Å². The minimum atomic E-state index is -0.0352. The first-order valence-corrected chi connectivity index (χ1v) is 7.02. The first-order chi connectivity index (χ1) is 8.74. The smallest absolute Gasteiger partial charge is 0.227 e. The van der Waals surface area contributed by atoms with Gasteiger partial charge in [0.2, 0.25) is 5.91 Å². The number of nitrogens with one attached hydrogen (secondary N) is 2. The number of likely N-dealkylation sites (N-methyl/N-ethyl adjacent to an activating group) is 2. The highest BCUT2D eigenvalue weighted by molar-refractivity contribution is 5.80. The zero-order chi connectivity index (χ0) is 13.0. The summed E-state index contributed by atoms with van der Waals surface area (Å²) in [4.78, 5) is 14.6. The number of piperidine rings is 1. The van der Waals surface area contributed by atoms with Crippen LogP contribution in [0.15, 0.2) is 0 Å². The zero-order valence-corrected chi connectivity index (χ0v) is 11.4. The van der Waals surface area contributed by atoms with Gasteiger partial charge < -0.3 is 20.3 Å². The molecule has 2 heterocycles. The standard InChI is InChI=1S/C13H25N3O2/c1-3-16-6-4-5-10(7-16)15-13(17)11-8-18-9-12(11)14-2/h10-12,14H,3-9H2,1-2H3,(H,15,17). The second-order valence-corrected chi connectivity index (χ2v) is 5.28. The molecule has 3 unspecified atom stereocenters. The fraction of sp³-hybridized carbons (Fsp3) is 0.923. The van der Waals surface area contributed by atoms with E-state index in [4.69, 9.17) is 4.74 Å². The molecule has 5 nitrogen and oxygen atoms in total. The van der Waals surface area contributed by atoms with Crippen LogP contribution >= 0.6 is 0 Å². The fourth-order valence-corrected chi connectivity index (χ4v) is 2.87. The first kappa shape index (κ1) is 13.8. The lowest BCUT2D eigenvalue weighted by atomic mass is 10.0. The average molecular weight is 255 g/mol. The van der Waals surface area contributed by atoms with E-state index in [9.17, 15) is 4.79 Å². The minimum absolute atomic E-state index is 0.0352. The second kappa shape index (κ2) is 6.50. The molecule has 0 aromatic rings. The molecule has 2 aliphatic heterocycles. The summed E-state index contributed by atoms with van der Waals surface area (Å²) in [7, 11) is 1.89. The summed E-state index contributed by atoms with van der Waals surface area (Å²) >= 11 is 0. The molecule has 2 aliphatic rings. The Hall–Kier alpha value is -0.650. The van der Waals surface area contributed by atoms with Gasteiger partial charge in [0.05, 0.1) is 19.1 Å². The molecule has 2 saturated heterocycles. The van der Waals surface area contributed by atoms with Gasteiger partial charge in [0.1, 0.15) is 0 Å². The molecule has 0 aliphatic carbocycles. The van der Waals surface area contributed by atoms with Gasteiger partial charge in [-0.15, -0.1) is 0 Å². The van der Waals surface area contributed by atoms with Gasteiger partial charge in [-0.2, -0.15) is 0 Å². The summed E-state index contributed by atoms with van der Waals surface area (Å²) in [6.45, 7) is 6.57. The van der Waals surface area contributed by atoms with E-state index < -0.39 is 0 Å². The van der Waals surface area contributed by atoms with Crippen LogP contribution in [0.4, 0.5) is 0 Å². The fourth-order valence-electron chi connectivity index (χ4n) is 2.87. The van der Waals surface area contributed by atoms with Crippen LogP contribution < -0.4 is 10.6 Å². The summed E-state index contributed by atoms with van der Waals surface area (Å²) < 4.78 is 5.38. The van der Waals surface area contributed by atoms with Gasteiger partial charge in [-0.05, 0) is 33.0 Å². The number of nitrogens with zero attached hydrogens (tertiary/aromatic N) is 1. The van der Waals surface area contributed by atoms with Crippen molar-refractivity contribution in [2.75, 3.05) is 39.9 Å². The number of carbonyl (C=O) groups excluding carboxylic acids is 1. The molecule has 0 aromatic heterocycles. The van der Waals surface area contributed by atoms with Gasteiger partial charge in [-0.1, -0.05) is 6.92 Å². The van der Waals surface area contributed by atoms with Crippen LogP contribution in [0.1, 0.15) is 19.8 Å². The van der Waals surface area contributed by atoms with E-state index in [-0.39, 0.29) is 17.9 Å². The highest BCUT2D eigenvalue weighted by Crippen LogP contribution is 2.15. The lowest BCUT2D eigenvalue weighted by Crippen LogP contribution is -2.51. The van der Waals surface area contributed by atoms with E-state index in [1.54, 1.807) is 0 Å². The minimum Gasteiger partial charge on any atom is -0.379 e. The Morgan fingerprint density at radius 3 is 3.00 bits per heavy atom. The molecule has 2 N–H and O–H groups in total. The van der Waals surface area contributed by atoms with Crippen molar-refractivity contribution in [3.05, 3.63) is 0 Å². The van der Waals surface area contributed by atoms with Crippen molar-refractivity contribution in [2.24, 2.45) is 5.92 Å². The molecule has 18 heavy (non-hydrogen) atoms. The van der Waals surface area contributed by atoms with Crippen molar-refractivity contribution in [1.29, 1.82) is 0 Å². The molecule has 0 saturated carbocycles. The Morgan fingerprint density at radius 1 is 1.44 bits per heavy atom. The molecule has 0 spiro atoms. The third kappa shape index (κ3) is 3.22. The molecule has 0 bridgehead atoms. The second-order valence-electron chi connectivity index (χ2n) is 5.28. The molecular weight excluding hydrogens is 230 g/mol. The number of amides is 1. The number of hydrogen-bond acceptors (Lipinski definition) is 4. The van der Waals surface area contributed by atoms with E-state index in [0.717, 1.165) is 26.1 Å². The molecule has 2 fully saturated rings. The number of carbonyl (C=O) groups is 1. The predicted octanol–water partition coefficient (Wildman–Crippen LogP) is -0.179. The lowest BCUT2D eigenvalue weighted by Gasteiger charge is -2.33. The number of likely N-dealkylation sites (tertiary alicyclic amines) is 1. The molecule has 104 valence electrons. The molecule has 0 aromatic carbocycles. The predicted molar refractivity (Wildman–Crippen MR) is 70.4 cm³/mol. The topological polar surface area (TPSA) is 53.6 Å². The largest absolute Gasteiger partial charge is 0.379 e. The summed E-state index contributed by atoms with van der Waals surface area (Å²) in [5, 5.41) is 6.34. The van der Waals surface area contributed by atoms with Gasteiger partial charge in [-0.3, -0.25) is 4.79 Å². The summed E-state index contributed by atoms with van der Waals surface area (Å²) in [5.74, 6) is 0.113. The van der Waals surface area contributed by atoms with E-state index in [0.29, 0.717) is 19.3 Å². The number of ether oxygens (including phenoxy) is 1. The molecular formula is C13H25N3O2.